The average Bonchev–Trinajstić information content (AvgIpc) is 3.46. The Balaban J connectivity index is -0.000000448. The van der Waals surface area contributed by atoms with Gasteiger partial charge in [0.25, 0.3) is 0 Å². The zero-order valence-electron chi connectivity index (χ0n) is 45.8. The first kappa shape index (κ1) is 67.2. The summed E-state index contributed by atoms with van der Waals surface area (Å²) in [5, 5.41) is 0. The lowest BCUT2D eigenvalue weighted by Gasteiger charge is -2.25. The van der Waals surface area contributed by atoms with Crippen LogP contribution in [0.15, 0.2) is 206 Å². The molecule has 0 amide bonds. The van der Waals surface area contributed by atoms with Crippen molar-refractivity contribution in [3.8, 4) is 0 Å². The topological polar surface area (TPSA) is 6.48 Å². The van der Waals surface area contributed by atoms with Gasteiger partial charge in [0.15, 0.2) is 0 Å². The molecule has 0 radical (unpaired) electrons. The van der Waals surface area contributed by atoms with Gasteiger partial charge in [0.1, 0.15) is 0 Å². The summed E-state index contributed by atoms with van der Waals surface area (Å²) in [5.41, 5.74) is 10.5. The molecule has 0 N–H and O–H groups in total. The predicted molar refractivity (Wildman–Crippen MR) is 314 cm³/mol. The normalized spacial score (nSPS) is 8.70. The van der Waals surface area contributed by atoms with E-state index >= 15 is 0 Å². The van der Waals surface area contributed by atoms with E-state index in [0.29, 0.717) is 0 Å². The molecular weight excluding hydrogens is 809 g/mol. The first-order valence-corrected chi connectivity index (χ1v) is 25.6. The minimum absolute atomic E-state index is 1.14. The highest BCUT2D eigenvalue weighted by atomic mass is 15.1. The highest BCUT2D eigenvalue weighted by molar-refractivity contribution is 5.79. The minimum atomic E-state index is 1.14. The zero-order chi connectivity index (χ0) is 51.5. The Bertz CT molecular complexity index is 1940. The summed E-state index contributed by atoms with van der Waals surface area (Å²) < 4.78 is 0. The zero-order valence-corrected chi connectivity index (χ0v) is 45.8. The van der Waals surface area contributed by atoms with Crippen LogP contribution in [0.4, 0.5) is 34.1 Å². The van der Waals surface area contributed by atoms with Crippen LogP contribution in [0.5, 0.6) is 0 Å². The van der Waals surface area contributed by atoms with E-state index in [-0.39, 0.29) is 0 Å². The lowest BCUT2D eigenvalue weighted by Crippen LogP contribution is -2.09. The molecule has 0 saturated carbocycles. The molecule has 2 nitrogen and oxygen atoms in total. The number of hydrogen-bond acceptors (Lipinski definition) is 2. The van der Waals surface area contributed by atoms with Gasteiger partial charge in [-0.25, -0.2) is 0 Å². The summed E-state index contributed by atoms with van der Waals surface area (Å²) in [5.74, 6) is 0. The number of allylic oxidation sites excluding steroid dienone is 1. The van der Waals surface area contributed by atoms with Crippen molar-refractivity contribution in [3.63, 3.8) is 0 Å². The third kappa shape index (κ3) is 27.0. The molecule has 0 aliphatic heterocycles. The number of para-hydroxylation sites is 4. The Hall–Kier alpha value is -6.38. The molecule has 0 heterocycles. The van der Waals surface area contributed by atoms with Gasteiger partial charge in [0.05, 0.1) is 0 Å². The first-order chi connectivity index (χ1) is 33.3. The molecule has 0 unspecified atom stereocenters. The molecule has 0 atom stereocenters. The molecule has 0 fully saturated rings. The Morgan fingerprint density at radius 3 is 0.612 bits per heavy atom. The van der Waals surface area contributed by atoms with E-state index in [4.69, 9.17) is 0 Å². The highest BCUT2D eigenvalue weighted by Gasteiger charge is 2.12. The Kier molecular flexibility index (Phi) is 50.8. The molecule has 0 bridgehead atoms. The van der Waals surface area contributed by atoms with Crippen molar-refractivity contribution in [2.45, 2.75) is 132 Å². The van der Waals surface area contributed by atoms with E-state index in [1.165, 1.54) is 16.7 Å². The fraction of sp³-hybridized carbons (Fsp3) is 0.292. The monoisotopic (exact) mass is 903 g/mol. The summed E-state index contributed by atoms with van der Waals surface area (Å²) >= 11 is 0. The Morgan fingerprint density at radius 2 is 0.388 bits per heavy atom. The molecule has 0 aliphatic rings. The van der Waals surface area contributed by atoms with Crippen LogP contribution in [0.1, 0.15) is 148 Å². The van der Waals surface area contributed by atoms with Crippen molar-refractivity contribution in [1.82, 2.24) is 0 Å². The van der Waals surface area contributed by atoms with Gasteiger partial charge in [-0.3, -0.25) is 0 Å². The second-order valence-corrected chi connectivity index (χ2v) is 11.4. The van der Waals surface area contributed by atoms with Crippen LogP contribution in [0.3, 0.4) is 0 Å². The fourth-order valence-electron chi connectivity index (χ4n) is 5.62. The van der Waals surface area contributed by atoms with Crippen LogP contribution in [0, 0.1) is 0 Å². The summed E-state index contributed by atoms with van der Waals surface area (Å²) in [6.45, 7) is 38.0. The molecule has 0 spiro atoms. The van der Waals surface area contributed by atoms with Gasteiger partial charge in [-0.2, -0.15) is 0 Å². The van der Waals surface area contributed by atoms with Crippen molar-refractivity contribution in [3.05, 3.63) is 223 Å². The summed E-state index contributed by atoms with van der Waals surface area (Å²) in [6, 6.07) is 69.5. The lowest BCUT2D eigenvalue weighted by molar-refractivity contribution is 1.28. The minimum Gasteiger partial charge on any atom is -0.311 e. The molecule has 7 aromatic rings. The van der Waals surface area contributed by atoms with Crippen LogP contribution in [0.25, 0.3) is 18.2 Å². The Labute approximate surface area is 414 Å². The molecule has 364 valence electrons. The summed E-state index contributed by atoms with van der Waals surface area (Å²) in [6.07, 6.45) is 8.45. The van der Waals surface area contributed by atoms with Crippen LogP contribution in [0.2, 0.25) is 0 Å². The second-order valence-electron chi connectivity index (χ2n) is 11.4. The van der Waals surface area contributed by atoms with Crippen molar-refractivity contribution < 1.29 is 0 Å². The molecular formula is C65H94N2. The number of hydrogen-bond donors (Lipinski definition) is 0. The number of nitrogens with zero attached hydrogens (tertiary/aromatic N) is 2. The van der Waals surface area contributed by atoms with E-state index in [1.54, 1.807) is 0 Å². The van der Waals surface area contributed by atoms with E-state index in [2.05, 4.69) is 204 Å². The first-order valence-electron chi connectivity index (χ1n) is 25.6. The van der Waals surface area contributed by atoms with Crippen LogP contribution in [-0.2, 0) is 0 Å². The van der Waals surface area contributed by atoms with Gasteiger partial charge >= 0.3 is 0 Å². The van der Waals surface area contributed by atoms with Gasteiger partial charge < -0.3 is 9.80 Å². The van der Waals surface area contributed by atoms with Gasteiger partial charge in [-0.1, -0.05) is 276 Å². The second kappa shape index (κ2) is 50.6. The van der Waals surface area contributed by atoms with Crippen molar-refractivity contribution in [2.75, 3.05) is 9.80 Å². The number of anilines is 6. The lowest BCUT2D eigenvalue weighted by atomic mass is 10.1. The van der Waals surface area contributed by atoms with Crippen LogP contribution in [-0.4, -0.2) is 0 Å². The Morgan fingerprint density at radius 1 is 0.209 bits per heavy atom. The van der Waals surface area contributed by atoms with E-state index in [9.17, 15) is 0 Å². The van der Waals surface area contributed by atoms with Crippen LogP contribution >= 0.6 is 0 Å². The summed E-state index contributed by atoms with van der Waals surface area (Å²) in [4.78, 5) is 4.53. The number of benzene rings is 7. The largest absolute Gasteiger partial charge is 0.311 e. The molecule has 0 saturated heterocycles. The maximum atomic E-state index is 2.27. The van der Waals surface area contributed by atoms with Crippen molar-refractivity contribution in [1.29, 1.82) is 0 Å². The average molecular weight is 903 g/mol. The van der Waals surface area contributed by atoms with Crippen molar-refractivity contribution in [2.24, 2.45) is 0 Å². The van der Waals surface area contributed by atoms with Crippen LogP contribution < -0.4 is 9.80 Å². The highest BCUT2D eigenvalue weighted by Crippen LogP contribution is 2.35. The van der Waals surface area contributed by atoms with Gasteiger partial charge in [-0.15, -0.1) is 0 Å². The molecule has 0 aromatic heterocycles. The molecule has 0 aliphatic carbocycles. The molecule has 67 heavy (non-hydrogen) atoms. The summed E-state index contributed by atoms with van der Waals surface area (Å²) in [7, 11) is 0. The smallest absolute Gasteiger partial charge is 0.0462 e. The molecule has 2 heteroatoms. The fourth-order valence-corrected chi connectivity index (χ4v) is 5.62. The standard InChI is InChI=1S/C26H21N.C21H19N.9C2H6/c1-4-10-22(11-5-1)16-17-23-18-20-26(21-19-23)27(24-12-6-2-7-13-24)25-14-8-3-9-15-25;1-2-9-18-14-16-21(17-15-18)22(19-10-5-3-6-11-19)20-12-7-4-8-13-20;9*1-2/h1-21H;2-17H,1H3;9*1-2H3/b17-16+;9-2+;;;;;;;;;. The predicted octanol–water partition coefficient (Wildman–Crippen LogP) is 22.8. The third-order valence-electron chi connectivity index (χ3n) is 7.99. The van der Waals surface area contributed by atoms with E-state index in [1.807, 2.05) is 162 Å². The SMILES string of the molecule is C(=C\c1ccc(N(c2ccccc2)c2ccccc2)cc1)/c1ccccc1.C/C=C/c1ccc(N(c2ccccc2)c2ccccc2)cc1.CC.CC.CC.CC.CC.CC.CC.CC.CC. The number of rotatable bonds is 9. The van der Waals surface area contributed by atoms with Gasteiger partial charge in [0.2, 0.25) is 0 Å². The van der Waals surface area contributed by atoms with E-state index in [0.717, 1.165) is 34.1 Å². The maximum absolute atomic E-state index is 2.27. The van der Waals surface area contributed by atoms with E-state index < -0.39 is 0 Å². The maximum Gasteiger partial charge on any atom is 0.0462 e. The molecule has 7 rings (SSSR count). The molecule has 7 aromatic carbocycles. The quantitative estimate of drug-likeness (QED) is 0.133. The van der Waals surface area contributed by atoms with Gasteiger partial charge in [0, 0.05) is 34.1 Å². The van der Waals surface area contributed by atoms with Gasteiger partial charge in [-0.05, 0) is 96.4 Å². The third-order valence-corrected chi connectivity index (χ3v) is 7.99. The van der Waals surface area contributed by atoms with Crippen molar-refractivity contribution >= 4 is 52.4 Å².